The Labute approximate surface area is 121 Å². The van der Waals surface area contributed by atoms with Gasteiger partial charge in [-0.3, -0.25) is 0 Å². The highest BCUT2D eigenvalue weighted by atomic mass is 35.5. The van der Waals surface area contributed by atoms with Crippen LogP contribution in [0.15, 0.2) is 36.4 Å². The van der Waals surface area contributed by atoms with Gasteiger partial charge in [0.15, 0.2) is 0 Å². The summed E-state index contributed by atoms with van der Waals surface area (Å²) in [4.78, 5) is 0. The van der Waals surface area contributed by atoms with Crippen molar-refractivity contribution in [1.29, 1.82) is 0 Å². The summed E-state index contributed by atoms with van der Waals surface area (Å²) in [5.41, 5.74) is 9.57. The second-order valence-electron chi connectivity index (χ2n) is 5.32. The molecule has 0 amide bonds. The SMILES string of the molecule is C=C1C=Cc2cc(Cl)ccc2C(C(CC)CCN)C1. The number of rotatable bonds is 4. The number of benzene rings is 1. The van der Waals surface area contributed by atoms with Gasteiger partial charge in [-0.25, -0.2) is 0 Å². The highest BCUT2D eigenvalue weighted by Crippen LogP contribution is 2.39. The van der Waals surface area contributed by atoms with E-state index in [1.807, 2.05) is 12.1 Å². The van der Waals surface area contributed by atoms with Crippen LogP contribution < -0.4 is 5.73 Å². The van der Waals surface area contributed by atoms with Crippen molar-refractivity contribution in [3.8, 4) is 0 Å². The van der Waals surface area contributed by atoms with E-state index in [0.717, 1.165) is 30.8 Å². The van der Waals surface area contributed by atoms with Gasteiger partial charge in [-0.2, -0.15) is 0 Å². The van der Waals surface area contributed by atoms with Gasteiger partial charge in [-0.05, 0) is 54.5 Å². The van der Waals surface area contributed by atoms with E-state index in [-0.39, 0.29) is 0 Å². The topological polar surface area (TPSA) is 26.0 Å². The Balaban J connectivity index is 2.42. The second-order valence-corrected chi connectivity index (χ2v) is 5.76. The third-order valence-corrected chi connectivity index (χ3v) is 4.29. The number of allylic oxidation sites excluding steroid dienone is 2. The standard InChI is InChI=1S/C17H22ClN/c1-3-13(8-9-19)17-10-12(2)4-5-14-11-15(18)6-7-16(14)17/h4-7,11,13,17H,2-3,8-10,19H2,1H3. The number of hydrogen-bond donors (Lipinski definition) is 1. The van der Waals surface area contributed by atoms with Gasteiger partial charge in [0, 0.05) is 5.02 Å². The molecule has 2 N–H and O–H groups in total. The van der Waals surface area contributed by atoms with Gasteiger partial charge in [0.25, 0.3) is 0 Å². The summed E-state index contributed by atoms with van der Waals surface area (Å²) in [7, 11) is 0. The minimum atomic E-state index is 0.503. The van der Waals surface area contributed by atoms with Crippen molar-refractivity contribution in [3.05, 3.63) is 52.6 Å². The van der Waals surface area contributed by atoms with Gasteiger partial charge in [-0.1, -0.05) is 55.3 Å². The molecular weight excluding hydrogens is 254 g/mol. The molecule has 1 aliphatic carbocycles. The Hall–Kier alpha value is -1.05. The zero-order chi connectivity index (χ0) is 13.8. The van der Waals surface area contributed by atoms with Gasteiger partial charge in [0.05, 0.1) is 0 Å². The first-order valence-corrected chi connectivity index (χ1v) is 7.38. The van der Waals surface area contributed by atoms with Crippen molar-refractivity contribution >= 4 is 17.7 Å². The molecule has 0 saturated heterocycles. The third kappa shape index (κ3) is 3.29. The molecule has 19 heavy (non-hydrogen) atoms. The van der Waals surface area contributed by atoms with Crippen LogP contribution in [0.25, 0.3) is 6.08 Å². The maximum atomic E-state index is 6.11. The van der Waals surface area contributed by atoms with Crippen LogP contribution in [0.1, 0.15) is 43.2 Å². The Morgan fingerprint density at radius 3 is 2.89 bits per heavy atom. The lowest BCUT2D eigenvalue weighted by molar-refractivity contribution is 0.386. The van der Waals surface area contributed by atoms with Crippen LogP contribution in [0, 0.1) is 5.92 Å². The van der Waals surface area contributed by atoms with Gasteiger partial charge in [0.1, 0.15) is 0 Å². The largest absolute Gasteiger partial charge is 0.330 e. The van der Waals surface area contributed by atoms with Crippen LogP contribution >= 0.6 is 11.6 Å². The number of fused-ring (bicyclic) bond motifs is 1. The van der Waals surface area contributed by atoms with Crippen LogP contribution in [-0.2, 0) is 0 Å². The predicted molar refractivity (Wildman–Crippen MR) is 84.4 cm³/mol. The summed E-state index contributed by atoms with van der Waals surface area (Å²) in [6.45, 7) is 7.15. The molecular formula is C17H22ClN. The molecule has 0 spiro atoms. The van der Waals surface area contributed by atoms with E-state index < -0.39 is 0 Å². The molecule has 0 bridgehead atoms. The average molecular weight is 276 g/mol. The summed E-state index contributed by atoms with van der Waals surface area (Å²) in [5.74, 6) is 1.12. The van der Waals surface area contributed by atoms with Gasteiger partial charge in [0.2, 0.25) is 0 Å². The first-order chi connectivity index (χ1) is 9.15. The van der Waals surface area contributed by atoms with Crippen molar-refractivity contribution < 1.29 is 0 Å². The molecule has 0 aliphatic heterocycles. The minimum absolute atomic E-state index is 0.503. The van der Waals surface area contributed by atoms with E-state index in [1.165, 1.54) is 16.7 Å². The van der Waals surface area contributed by atoms with Crippen molar-refractivity contribution in [2.45, 2.75) is 32.1 Å². The molecule has 0 fully saturated rings. The van der Waals surface area contributed by atoms with Crippen LogP contribution in [0.4, 0.5) is 0 Å². The van der Waals surface area contributed by atoms with Gasteiger partial charge >= 0.3 is 0 Å². The van der Waals surface area contributed by atoms with E-state index in [2.05, 4.69) is 31.7 Å². The molecule has 1 aromatic rings. The fraction of sp³-hybridized carbons (Fsp3) is 0.412. The molecule has 1 aromatic carbocycles. The smallest absolute Gasteiger partial charge is 0.0412 e. The minimum Gasteiger partial charge on any atom is -0.330 e. The highest BCUT2D eigenvalue weighted by Gasteiger charge is 2.25. The summed E-state index contributed by atoms with van der Waals surface area (Å²) in [6.07, 6.45) is 7.49. The van der Waals surface area contributed by atoms with E-state index in [4.69, 9.17) is 17.3 Å². The van der Waals surface area contributed by atoms with Crippen molar-refractivity contribution in [2.24, 2.45) is 11.7 Å². The lowest BCUT2D eigenvalue weighted by Crippen LogP contribution is -2.17. The van der Waals surface area contributed by atoms with E-state index in [9.17, 15) is 0 Å². The fourth-order valence-corrected chi connectivity index (χ4v) is 3.20. The van der Waals surface area contributed by atoms with Crippen LogP contribution in [0.3, 0.4) is 0 Å². The Morgan fingerprint density at radius 2 is 2.21 bits per heavy atom. The normalized spacial score (nSPS) is 19.9. The molecule has 0 heterocycles. The number of nitrogens with two attached hydrogens (primary N) is 1. The molecule has 0 radical (unpaired) electrons. The number of halogens is 1. The van der Waals surface area contributed by atoms with Crippen LogP contribution in [-0.4, -0.2) is 6.54 Å². The maximum absolute atomic E-state index is 6.11. The molecule has 2 unspecified atom stereocenters. The zero-order valence-electron chi connectivity index (χ0n) is 11.5. The second kappa shape index (κ2) is 6.40. The summed E-state index contributed by atoms with van der Waals surface area (Å²) in [6, 6.07) is 6.21. The Bertz CT molecular complexity index is 490. The first kappa shape index (κ1) is 14.4. The lowest BCUT2D eigenvalue weighted by Gasteiger charge is -2.27. The fourth-order valence-electron chi connectivity index (χ4n) is 3.02. The molecule has 2 rings (SSSR count). The monoisotopic (exact) mass is 275 g/mol. The molecule has 102 valence electrons. The molecule has 2 atom stereocenters. The first-order valence-electron chi connectivity index (χ1n) is 7.01. The molecule has 0 aromatic heterocycles. The van der Waals surface area contributed by atoms with Gasteiger partial charge in [-0.15, -0.1) is 0 Å². The Kier molecular flexibility index (Phi) is 4.84. The summed E-state index contributed by atoms with van der Waals surface area (Å²) < 4.78 is 0. The number of hydrogen-bond acceptors (Lipinski definition) is 1. The lowest BCUT2D eigenvalue weighted by atomic mass is 9.78. The summed E-state index contributed by atoms with van der Waals surface area (Å²) >= 11 is 6.11. The van der Waals surface area contributed by atoms with Gasteiger partial charge < -0.3 is 5.73 Å². The predicted octanol–water partition coefficient (Wildman–Crippen LogP) is 4.77. The average Bonchev–Trinajstić information content (AvgIpc) is 2.55. The quantitative estimate of drug-likeness (QED) is 0.841. The van der Waals surface area contributed by atoms with Crippen LogP contribution in [0.2, 0.25) is 5.02 Å². The third-order valence-electron chi connectivity index (χ3n) is 4.06. The molecule has 1 nitrogen and oxygen atoms in total. The van der Waals surface area contributed by atoms with Crippen LogP contribution in [0.5, 0.6) is 0 Å². The zero-order valence-corrected chi connectivity index (χ0v) is 12.3. The van der Waals surface area contributed by atoms with Crippen molar-refractivity contribution in [2.75, 3.05) is 6.54 Å². The van der Waals surface area contributed by atoms with E-state index in [0.29, 0.717) is 11.8 Å². The summed E-state index contributed by atoms with van der Waals surface area (Å²) in [5, 5.41) is 0.793. The van der Waals surface area contributed by atoms with Crippen molar-refractivity contribution in [1.82, 2.24) is 0 Å². The molecule has 1 aliphatic rings. The Morgan fingerprint density at radius 1 is 1.42 bits per heavy atom. The molecule has 2 heteroatoms. The molecule has 0 saturated carbocycles. The van der Waals surface area contributed by atoms with E-state index in [1.54, 1.807) is 0 Å². The van der Waals surface area contributed by atoms with E-state index >= 15 is 0 Å². The highest BCUT2D eigenvalue weighted by molar-refractivity contribution is 6.30. The van der Waals surface area contributed by atoms with Crippen molar-refractivity contribution in [3.63, 3.8) is 0 Å². The maximum Gasteiger partial charge on any atom is 0.0412 e.